The lowest BCUT2D eigenvalue weighted by Crippen LogP contribution is -2.52. The van der Waals surface area contributed by atoms with Crippen LogP contribution in [-0.2, 0) is 14.3 Å². The van der Waals surface area contributed by atoms with Gasteiger partial charge in [0, 0.05) is 20.6 Å². The van der Waals surface area contributed by atoms with Crippen molar-refractivity contribution in [1.29, 1.82) is 0 Å². The van der Waals surface area contributed by atoms with Crippen molar-refractivity contribution in [2.24, 2.45) is 0 Å². The molecule has 0 saturated carbocycles. The first-order chi connectivity index (χ1) is 12.0. The van der Waals surface area contributed by atoms with Crippen molar-refractivity contribution in [1.82, 2.24) is 0 Å². The summed E-state index contributed by atoms with van der Waals surface area (Å²) in [5.74, 6) is -0.158. The van der Waals surface area contributed by atoms with Crippen LogP contribution >= 0.6 is 0 Å². The van der Waals surface area contributed by atoms with E-state index in [1.807, 2.05) is 61.5 Å². The molecular weight excluding hydrogens is 316 g/mol. The lowest BCUT2D eigenvalue weighted by molar-refractivity contribution is -0.129. The van der Waals surface area contributed by atoms with Gasteiger partial charge in [0.05, 0.1) is 17.4 Å². The van der Waals surface area contributed by atoms with Gasteiger partial charge in [-0.2, -0.15) is 0 Å². The van der Waals surface area contributed by atoms with Crippen LogP contribution in [0.2, 0.25) is 0 Å². The van der Waals surface area contributed by atoms with Gasteiger partial charge in [-0.3, -0.25) is 9.59 Å². The van der Waals surface area contributed by atoms with E-state index in [1.54, 1.807) is 16.7 Å². The van der Waals surface area contributed by atoms with Crippen molar-refractivity contribution < 1.29 is 14.3 Å². The Morgan fingerprint density at radius 3 is 2.24 bits per heavy atom. The summed E-state index contributed by atoms with van der Waals surface area (Å²) in [6, 6.07) is 16.8. The molecule has 1 aliphatic heterocycles. The molecule has 0 aliphatic carbocycles. The molecule has 25 heavy (non-hydrogen) atoms. The maximum atomic E-state index is 13.2. The Hall–Kier alpha value is -2.66. The second kappa shape index (κ2) is 7.07. The Morgan fingerprint density at radius 2 is 1.64 bits per heavy atom. The van der Waals surface area contributed by atoms with Gasteiger partial charge >= 0.3 is 0 Å². The second-order valence-corrected chi connectivity index (χ2v) is 6.20. The molecule has 1 aliphatic rings. The van der Waals surface area contributed by atoms with E-state index in [4.69, 9.17) is 4.74 Å². The number of rotatable bonds is 3. The Morgan fingerprint density at radius 1 is 1.04 bits per heavy atom. The van der Waals surface area contributed by atoms with Gasteiger partial charge in [-0.25, -0.2) is 0 Å². The molecule has 5 heteroatoms. The van der Waals surface area contributed by atoms with Crippen molar-refractivity contribution in [2.75, 3.05) is 23.5 Å². The Bertz CT molecular complexity index is 776. The van der Waals surface area contributed by atoms with Crippen molar-refractivity contribution in [2.45, 2.75) is 26.0 Å². The molecule has 0 N–H and O–H groups in total. The molecule has 130 valence electrons. The third kappa shape index (κ3) is 3.15. The number of nitrogens with zero attached hydrogens (tertiary/aromatic N) is 2. The van der Waals surface area contributed by atoms with Crippen molar-refractivity contribution in [3.05, 3.63) is 60.2 Å². The summed E-state index contributed by atoms with van der Waals surface area (Å²) >= 11 is 0. The van der Waals surface area contributed by atoms with Gasteiger partial charge in [0.1, 0.15) is 0 Å². The number of hydrogen-bond donors (Lipinski definition) is 0. The van der Waals surface area contributed by atoms with E-state index >= 15 is 0 Å². The van der Waals surface area contributed by atoms with Crippen LogP contribution < -0.4 is 9.80 Å². The molecule has 5 nitrogen and oxygen atoms in total. The SMILES string of the molecule is COC(C(=O)N1CC(C)N(C(C)=O)c2ccccc21)c1ccccc1. The number of benzene rings is 2. The van der Waals surface area contributed by atoms with Gasteiger partial charge in [0.2, 0.25) is 5.91 Å². The van der Waals surface area contributed by atoms with Gasteiger partial charge in [-0.05, 0) is 24.6 Å². The number of carbonyl (C=O) groups excluding carboxylic acids is 2. The van der Waals surface area contributed by atoms with Gasteiger partial charge in [0.25, 0.3) is 5.91 Å². The van der Waals surface area contributed by atoms with Gasteiger partial charge in [0.15, 0.2) is 6.10 Å². The number of methoxy groups -OCH3 is 1. The van der Waals surface area contributed by atoms with E-state index in [9.17, 15) is 9.59 Å². The van der Waals surface area contributed by atoms with Crippen LogP contribution in [-0.4, -0.2) is 31.5 Å². The smallest absolute Gasteiger partial charge is 0.260 e. The molecule has 2 amide bonds. The van der Waals surface area contributed by atoms with Crippen LogP contribution in [0.15, 0.2) is 54.6 Å². The van der Waals surface area contributed by atoms with E-state index in [-0.39, 0.29) is 17.9 Å². The number of ether oxygens (including phenoxy) is 1. The summed E-state index contributed by atoms with van der Waals surface area (Å²) in [4.78, 5) is 28.7. The van der Waals surface area contributed by atoms with Crippen molar-refractivity contribution in [3.8, 4) is 0 Å². The quantitative estimate of drug-likeness (QED) is 0.864. The lowest BCUT2D eigenvalue weighted by Gasteiger charge is -2.41. The average Bonchev–Trinajstić information content (AvgIpc) is 2.62. The molecule has 2 aromatic rings. The van der Waals surface area contributed by atoms with E-state index in [2.05, 4.69) is 0 Å². The first-order valence-electron chi connectivity index (χ1n) is 8.32. The van der Waals surface area contributed by atoms with E-state index in [0.29, 0.717) is 6.54 Å². The molecule has 3 rings (SSSR count). The minimum Gasteiger partial charge on any atom is -0.367 e. The molecule has 0 aromatic heterocycles. The third-order valence-corrected chi connectivity index (χ3v) is 4.49. The zero-order valence-corrected chi connectivity index (χ0v) is 14.7. The number of carbonyl (C=O) groups is 2. The molecule has 2 atom stereocenters. The van der Waals surface area contributed by atoms with Crippen LogP contribution in [0.1, 0.15) is 25.5 Å². The predicted molar refractivity (Wildman–Crippen MR) is 97.6 cm³/mol. The fourth-order valence-corrected chi connectivity index (χ4v) is 3.42. The Kier molecular flexibility index (Phi) is 4.86. The van der Waals surface area contributed by atoms with E-state index in [0.717, 1.165) is 16.9 Å². The second-order valence-electron chi connectivity index (χ2n) is 6.20. The number of hydrogen-bond acceptors (Lipinski definition) is 3. The highest BCUT2D eigenvalue weighted by Crippen LogP contribution is 2.37. The number of fused-ring (bicyclic) bond motifs is 1. The largest absolute Gasteiger partial charge is 0.367 e. The highest BCUT2D eigenvalue weighted by molar-refractivity contribution is 6.05. The topological polar surface area (TPSA) is 49.9 Å². The molecule has 2 unspecified atom stereocenters. The molecule has 0 spiro atoms. The lowest BCUT2D eigenvalue weighted by atomic mass is 10.0. The summed E-state index contributed by atoms with van der Waals surface area (Å²) in [6.07, 6.45) is -0.676. The first kappa shape index (κ1) is 17.2. The maximum Gasteiger partial charge on any atom is 0.260 e. The van der Waals surface area contributed by atoms with E-state index in [1.165, 1.54) is 7.11 Å². The monoisotopic (exact) mass is 338 g/mol. The fourth-order valence-electron chi connectivity index (χ4n) is 3.42. The predicted octanol–water partition coefficient (Wildman–Crippen LogP) is 3.16. The van der Waals surface area contributed by atoms with Crippen LogP contribution in [0, 0.1) is 0 Å². The zero-order valence-electron chi connectivity index (χ0n) is 14.7. The van der Waals surface area contributed by atoms with Gasteiger partial charge < -0.3 is 14.5 Å². The number of amides is 2. The van der Waals surface area contributed by atoms with E-state index < -0.39 is 6.10 Å². The summed E-state index contributed by atoms with van der Waals surface area (Å²) in [5.41, 5.74) is 2.30. The third-order valence-electron chi connectivity index (χ3n) is 4.49. The summed E-state index contributed by atoms with van der Waals surface area (Å²) in [7, 11) is 1.54. The number of anilines is 2. The van der Waals surface area contributed by atoms with Crippen LogP contribution in [0.3, 0.4) is 0 Å². The minimum atomic E-state index is -0.676. The summed E-state index contributed by atoms with van der Waals surface area (Å²) in [6.45, 7) is 3.93. The molecule has 2 aromatic carbocycles. The Balaban J connectivity index is 2.00. The number of para-hydroxylation sites is 2. The summed E-state index contributed by atoms with van der Waals surface area (Å²) < 4.78 is 5.50. The average molecular weight is 338 g/mol. The minimum absolute atomic E-state index is 0.0293. The molecule has 0 saturated heterocycles. The highest BCUT2D eigenvalue weighted by atomic mass is 16.5. The Labute approximate surface area is 147 Å². The molecule has 0 bridgehead atoms. The van der Waals surface area contributed by atoms with Crippen LogP contribution in [0.4, 0.5) is 11.4 Å². The van der Waals surface area contributed by atoms with Crippen molar-refractivity contribution in [3.63, 3.8) is 0 Å². The fraction of sp³-hybridized carbons (Fsp3) is 0.300. The zero-order chi connectivity index (χ0) is 18.0. The molecular formula is C20H22N2O3. The highest BCUT2D eigenvalue weighted by Gasteiger charge is 2.36. The van der Waals surface area contributed by atoms with Crippen LogP contribution in [0.5, 0.6) is 0 Å². The van der Waals surface area contributed by atoms with Gasteiger partial charge in [-0.1, -0.05) is 42.5 Å². The van der Waals surface area contributed by atoms with Crippen LogP contribution in [0.25, 0.3) is 0 Å². The normalized spacial score (nSPS) is 17.8. The molecule has 0 fully saturated rings. The van der Waals surface area contributed by atoms with Crippen molar-refractivity contribution >= 4 is 23.2 Å². The molecule has 0 radical (unpaired) electrons. The molecule has 1 heterocycles. The first-order valence-corrected chi connectivity index (χ1v) is 8.32. The summed E-state index contributed by atoms with van der Waals surface area (Å²) in [5, 5.41) is 0. The standard InChI is InChI=1S/C20H22N2O3/c1-14-13-21(17-11-7-8-12-18(17)22(14)15(2)23)20(24)19(25-3)16-9-5-4-6-10-16/h4-12,14,19H,13H2,1-3H3. The maximum absolute atomic E-state index is 13.2. The van der Waals surface area contributed by atoms with Gasteiger partial charge in [-0.15, -0.1) is 0 Å².